The molecule has 2 atom stereocenters. The monoisotopic (exact) mass is 480 g/mol. The summed E-state index contributed by atoms with van der Waals surface area (Å²) in [6, 6.07) is 0. The number of ether oxygens (including phenoxy) is 1. The number of aliphatic hydroxyl groups excluding tert-OH is 1. The van der Waals surface area contributed by atoms with Crippen LogP contribution in [0.25, 0.3) is 0 Å². The SMILES string of the molecule is CCC(C)CCCCCCCCCCCCCCCCC(=O)OCC(O)COP(=O)(O)O. The topological polar surface area (TPSA) is 113 Å². The quantitative estimate of drug-likeness (QED) is 0.0895. The highest BCUT2D eigenvalue weighted by molar-refractivity contribution is 7.46. The second-order valence-corrected chi connectivity index (χ2v) is 10.4. The lowest BCUT2D eigenvalue weighted by molar-refractivity contribution is -0.147. The minimum Gasteiger partial charge on any atom is -0.463 e. The molecule has 7 nitrogen and oxygen atoms in total. The minimum absolute atomic E-state index is 0.295. The third-order valence-corrected chi connectivity index (χ3v) is 6.38. The number of esters is 1. The van der Waals surface area contributed by atoms with Gasteiger partial charge in [0.2, 0.25) is 0 Å². The number of hydrogen-bond acceptors (Lipinski definition) is 5. The molecule has 0 aliphatic rings. The fourth-order valence-electron chi connectivity index (χ4n) is 3.58. The van der Waals surface area contributed by atoms with Crippen molar-refractivity contribution < 1.29 is 33.5 Å². The van der Waals surface area contributed by atoms with Gasteiger partial charge in [-0.2, -0.15) is 0 Å². The maximum absolute atomic E-state index is 11.6. The van der Waals surface area contributed by atoms with E-state index >= 15 is 0 Å². The van der Waals surface area contributed by atoms with Gasteiger partial charge in [-0.1, -0.05) is 110 Å². The Hall–Kier alpha value is -0.460. The van der Waals surface area contributed by atoms with E-state index in [-0.39, 0.29) is 6.61 Å². The molecule has 0 saturated carbocycles. The number of phosphoric acid groups is 1. The van der Waals surface area contributed by atoms with Crippen molar-refractivity contribution in [2.24, 2.45) is 5.92 Å². The van der Waals surface area contributed by atoms with Crippen LogP contribution < -0.4 is 0 Å². The van der Waals surface area contributed by atoms with Crippen molar-refractivity contribution in [2.75, 3.05) is 13.2 Å². The molecular weight excluding hydrogens is 431 g/mol. The summed E-state index contributed by atoms with van der Waals surface area (Å²) in [5, 5.41) is 9.44. The number of unbranched alkanes of at least 4 members (excludes halogenated alkanes) is 13. The third kappa shape index (κ3) is 24.2. The Balaban J connectivity index is 3.29. The molecule has 0 aromatic carbocycles. The van der Waals surface area contributed by atoms with E-state index in [0.717, 1.165) is 25.2 Å². The van der Waals surface area contributed by atoms with E-state index in [2.05, 4.69) is 18.4 Å². The van der Waals surface area contributed by atoms with Gasteiger partial charge in [-0.3, -0.25) is 9.32 Å². The molecule has 0 aliphatic heterocycles. The van der Waals surface area contributed by atoms with E-state index in [1.807, 2.05) is 0 Å². The van der Waals surface area contributed by atoms with Crippen LogP contribution in [0.2, 0.25) is 0 Å². The first-order valence-corrected chi connectivity index (χ1v) is 14.3. The largest absolute Gasteiger partial charge is 0.469 e. The second-order valence-electron chi connectivity index (χ2n) is 9.13. The number of carbonyl (C=O) groups excluding carboxylic acids is 1. The van der Waals surface area contributed by atoms with Gasteiger partial charge in [-0.05, 0) is 12.3 Å². The molecule has 0 bridgehead atoms. The average molecular weight is 481 g/mol. The molecule has 0 heterocycles. The maximum atomic E-state index is 11.6. The van der Waals surface area contributed by atoms with Crippen molar-refractivity contribution in [3.63, 3.8) is 0 Å². The summed E-state index contributed by atoms with van der Waals surface area (Å²) < 4.78 is 19.5. The summed E-state index contributed by atoms with van der Waals surface area (Å²) in [6.07, 6.45) is 19.4. The zero-order chi connectivity index (χ0) is 24.1. The summed E-state index contributed by atoms with van der Waals surface area (Å²) in [5.41, 5.74) is 0. The second kappa shape index (κ2) is 21.1. The number of aliphatic hydroxyl groups is 1. The maximum Gasteiger partial charge on any atom is 0.469 e. The summed E-state index contributed by atoms with van der Waals surface area (Å²) in [6.45, 7) is 3.74. The smallest absolute Gasteiger partial charge is 0.463 e. The van der Waals surface area contributed by atoms with Gasteiger partial charge in [0.05, 0.1) is 6.61 Å². The molecule has 3 N–H and O–H groups in total. The van der Waals surface area contributed by atoms with E-state index in [0.29, 0.717) is 6.42 Å². The van der Waals surface area contributed by atoms with E-state index < -0.39 is 26.5 Å². The van der Waals surface area contributed by atoms with E-state index in [9.17, 15) is 14.5 Å². The van der Waals surface area contributed by atoms with Crippen LogP contribution in [0.3, 0.4) is 0 Å². The Morgan fingerprint density at radius 3 is 1.66 bits per heavy atom. The fourth-order valence-corrected chi connectivity index (χ4v) is 3.95. The Kier molecular flexibility index (Phi) is 20.8. The fraction of sp³-hybridized carbons (Fsp3) is 0.958. The van der Waals surface area contributed by atoms with E-state index in [4.69, 9.17) is 14.5 Å². The number of phosphoric ester groups is 1. The summed E-state index contributed by atoms with van der Waals surface area (Å²) in [4.78, 5) is 28.7. The number of rotatable bonds is 23. The van der Waals surface area contributed by atoms with Gasteiger partial charge in [-0.15, -0.1) is 0 Å². The molecule has 2 unspecified atom stereocenters. The van der Waals surface area contributed by atoms with Crippen LogP contribution in [0.5, 0.6) is 0 Å². The standard InChI is InChI=1S/C24H49O7P/c1-3-22(2)18-16-14-12-10-8-6-4-5-7-9-11-13-15-17-19-24(26)30-20-23(25)21-31-32(27,28)29/h22-23,25H,3-21H2,1-2H3,(H2,27,28,29). The van der Waals surface area contributed by atoms with Crippen LogP contribution in [0, 0.1) is 5.92 Å². The van der Waals surface area contributed by atoms with Gasteiger partial charge < -0.3 is 19.6 Å². The van der Waals surface area contributed by atoms with E-state index in [1.54, 1.807) is 0 Å². The average Bonchev–Trinajstić information content (AvgIpc) is 2.75. The van der Waals surface area contributed by atoms with Crippen molar-refractivity contribution in [3.05, 3.63) is 0 Å². The van der Waals surface area contributed by atoms with Crippen LogP contribution in [0.1, 0.15) is 123 Å². The van der Waals surface area contributed by atoms with Crippen LogP contribution >= 0.6 is 7.82 Å². The predicted molar refractivity (Wildman–Crippen MR) is 128 cm³/mol. The summed E-state index contributed by atoms with van der Waals surface area (Å²) in [7, 11) is -4.62. The Labute approximate surface area is 195 Å². The normalized spacial score (nSPS) is 13.8. The first-order chi connectivity index (χ1) is 15.2. The Morgan fingerprint density at radius 2 is 1.22 bits per heavy atom. The highest BCUT2D eigenvalue weighted by Gasteiger charge is 2.17. The van der Waals surface area contributed by atoms with Crippen molar-refractivity contribution >= 4 is 13.8 Å². The highest BCUT2D eigenvalue weighted by Crippen LogP contribution is 2.35. The van der Waals surface area contributed by atoms with Crippen LogP contribution in [-0.4, -0.2) is 40.2 Å². The van der Waals surface area contributed by atoms with Gasteiger partial charge in [0.15, 0.2) is 0 Å². The van der Waals surface area contributed by atoms with Crippen molar-refractivity contribution in [1.29, 1.82) is 0 Å². The molecule has 8 heteroatoms. The molecule has 0 rings (SSSR count). The highest BCUT2D eigenvalue weighted by atomic mass is 31.2. The lowest BCUT2D eigenvalue weighted by Gasteiger charge is -2.12. The summed E-state index contributed by atoms with van der Waals surface area (Å²) >= 11 is 0. The lowest BCUT2D eigenvalue weighted by atomic mass is 9.99. The molecule has 0 fully saturated rings. The van der Waals surface area contributed by atoms with Crippen molar-refractivity contribution in [2.45, 2.75) is 129 Å². The zero-order valence-electron chi connectivity index (χ0n) is 20.5. The molecule has 0 amide bonds. The van der Waals surface area contributed by atoms with Gasteiger partial charge in [0, 0.05) is 6.42 Å². The van der Waals surface area contributed by atoms with Gasteiger partial charge >= 0.3 is 13.8 Å². The minimum atomic E-state index is -4.62. The van der Waals surface area contributed by atoms with Crippen LogP contribution in [0.15, 0.2) is 0 Å². The van der Waals surface area contributed by atoms with Crippen LogP contribution in [0.4, 0.5) is 0 Å². The van der Waals surface area contributed by atoms with Crippen LogP contribution in [-0.2, 0) is 18.6 Å². The Bertz CT molecular complexity index is 481. The molecule has 0 spiro atoms. The Morgan fingerprint density at radius 1 is 0.781 bits per heavy atom. The van der Waals surface area contributed by atoms with Crippen molar-refractivity contribution in [1.82, 2.24) is 0 Å². The molecule has 0 aromatic heterocycles. The zero-order valence-corrected chi connectivity index (χ0v) is 21.4. The molecular formula is C24H49O7P. The number of hydrogen-bond donors (Lipinski definition) is 3. The number of carbonyl (C=O) groups is 1. The first kappa shape index (κ1) is 31.5. The molecule has 0 aliphatic carbocycles. The molecule has 32 heavy (non-hydrogen) atoms. The predicted octanol–water partition coefficient (Wildman–Crippen LogP) is 6.29. The van der Waals surface area contributed by atoms with Gasteiger partial charge in [0.1, 0.15) is 12.7 Å². The molecule has 0 aromatic rings. The molecule has 192 valence electrons. The van der Waals surface area contributed by atoms with Crippen molar-refractivity contribution in [3.8, 4) is 0 Å². The summed E-state index contributed by atoms with van der Waals surface area (Å²) in [5.74, 6) is 0.486. The lowest BCUT2D eigenvalue weighted by Crippen LogP contribution is -2.23. The van der Waals surface area contributed by atoms with Gasteiger partial charge in [-0.25, -0.2) is 4.57 Å². The van der Waals surface area contributed by atoms with E-state index in [1.165, 1.54) is 83.5 Å². The van der Waals surface area contributed by atoms with Gasteiger partial charge in [0.25, 0.3) is 0 Å². The molecule has 0 saturated heterocycles. The molecule has 0 radical (unpaired) electrons. The third-order valence-electron chi connectivity index (χ3n) is 5.90. The first-order valence-electron chi connectivity index (χ1n) is 12.8.